The lowest BCUT2D eigenvalue weighted by Gasteiger charge is -2.21. The fourth-order valence-corrected chi connectivity index (χ4v) is 2.92. The molecule has 3 rings (SSSR count). The Labute approximate surface area is 126 Å². The Hall–Kier alpha value is -1.81. The van der Waals surface area contributed by atoms with Crippen LogP contribution in [0.4, 0.5) is 0 Å². The number of aromatic nitrogens is 2. The summed E-state index contributed by atoms with van der Waals surface area (Å²) in [6, 6.07) is 8.25. The molecule has 1 fully saturated rings. The van der Waals surface area contributed by atoms with Crippen LogP contribution in [-0.4, -0.2) is 29.5 Å². The van der Waals surface area contributed by atoms with Gasteiger partial charge in [-0.25, -0.2) is 0 Å². The molecule has 112 valence electrons. The normalized spacial score (nSPS) is 16.0. The summed E-state index contributed by atoms with van der Waals surface area (Å²) in [6.07, 6.45) is 6.66. The van der Waals surface area contributed by atoms with Gasteiger partial charge in [-0.2, -0.15) is 5.10 Å². The Bertz CT molecular complexity index is 573. The van der Waals surface area contributed by atoms with Gasteiger partial charge in [0.15, 0.2) is 0 Å². The van der Waals surface area contributed by atoms with Crippen LogP contribution in [0.5, 0.6) is 5.75 Å². The summed E-state index contributed by atoms with van der Waals surface area (Å²) in [5.41, 5.74) is 2.60. The van der Waals surface area contributed by atoms with Crippen molar-refractivity contribution in [3.63, 3.8) is 0 Å². The van der Waals surface area contributed by atoms with Gasteiger partial charge in [0.25, 0.3) is 0 Å². The fraction of sp³-hybridized carbons (Fsp3) is 0.471. The zero-order valence-corrected chi connectivity index (χ0v) is 12.6. The first kappa shape index (κ1) is 14.1. The maximum Gasteiger partial charge on any atom is 0.119 e. The van der Waals surface area contributed by atoms with E-state index in [1.54, 1.807) is 0 Å². The van der Waals surface area contributed by atoms with Gasteiger partial charge in [-0.05, 0) is 62.0 Å². The maximum atomic E-state index is 5.55. The molecule has 4 heteroatoms. The molecule has 0 aliphatic carbocycles. The van der Waals surface area contributed by atoms with Gasteiger partial charge >= 0.3 is 0 Å². The Morgan fingerprint density at radius 3 is 3.00 bits per heavy atom. The van der Waals surface area contributed by atoms with Crippen molar-refractivity contribution in [2.75, 3.05) is 19.7 Å². The summed E-state index contributed by atoms with van der Waals surface area (Å²) in [6.45, 7) is 5.74. The van der Waals surface area contributed by atoms with Crippen molar-refractivity contribution >= 4 is 0 Å². The lowest BCUT2D eigenvalue weighted by atomic mass is 9.93. The molecule has 0 radical (unpaired) electrons. The van der Waals surface area contributed by atoms with Crippen LogP contribution in [0.25, 0.3) is 0 Å². The van der Waals surface area contributed by atoms with E-state index in [2.05, 4.69) is 28.7 Å². The number of hydrogen-bond donors (Lipinski definition) is 1. The minimum atomic E-state index is 0.662. The highest BCUT2D eigenvalue weighted by molar-refractivity contribution is 5.28. The molecule has 1 aliphatic heterocycles. The number of benzene rings is 1. The van der Waals surface area contributed by atoms with Crippen LogP contribution < -0.4 is 10.1 Å². The minimum absolute atomic E-state index is 0.662. The average Bonchev–Trinajstić information content (AvgIpc) is 2.97. The number of nitrogens with zero attached hydrogens (tertiary/aromatic N) is 2. The van der Waals surface area contributed by atoms with E-state index in [9.17, 15) is 0 Å². The van der Waals surface area contributed by atoms with Crippen LogP contribution in [0.2, 0.25) is 0 Å². The topological polar surface area (TPSA) is 39.1 Å². The molecular weight excluding hydrogens is 262 g/mol. The third kappa shape index (κ3) is 3.64. The van der Waals surface area contributed by atoms with Crippen LogP contribution in [0.3, 0.4) is 0 Å². The smallest absolute Gasteiger partial charge is 0.119 e. The van der Waals surface area contributed by atoms with E-state index < -0.39 is 0 Å². The summed E-state index contributed by atoms with van der Waals surface area (Å²) < 4.78 is 7.58. The Kier molecular flexibility index (Phi) is 4.55. The highest BCUT2D eigenvalue weighted by Crippen LogP contribution is 2.24. The zero-order valence-electron chi connectivity index (χ0n) is 12.6. The van der Waals surface area contributed by atoms with Gasteiger partial charge in [-0.1, -0.05) is 12.1 Å². The molecule has 1 aromatic heterocycles. The van der Waals surface area contributed by atoms with Crippen LogP contribution >= 0.6 is 0 Å². The number of ether oxygens (including phenoxy) is 1. The standard InChI is InChI=1S/C17H23N3O/c1-2-21-17-5-3-4-14(10-17)12-20-13-16(11-19-20)15-6-8-18-9-7-15/h3-5,10-11,13,15,18H,2,6-9,12H2,1H3. The molecule has 1 N–H and O–H groups in total. The van der Waals surface area contributed by atoms with E-state index in [1.807, 2.05) is 29.9 Å². The molecule has 21 heavy (non-hydrogen) atoms. The third-order valence-corrected chi connectivity index (χ3v) is 4.02. The maximum absolute atomic E-state index is 5.55. The van der Waals surface area contributed by atoms with Gasteiger partial charge in [0, 0.05) is 6.20 Å². The van der Waals surface area contributed by atoms with Crippen molar-refractivity contribution in [1.82, 2.24) is 15.1 Å². The monoisotopic (exact) mass is 285 g/mol. The van der Waals surface area contributed by atoms with E-state index in [1.165, 1.54) is 24.0 Å². The lowest BCUT2D eigenvalue weighted by molar-refractivity contribution is 0.340. The predicted molar refractivity (Wildman–Crippen MR) is 83.8 cm³/mol. The summed E-state index contributed by atoms with van der Waals surface area (Å²) in [4.78, 5) is 0. The van der Waals surface area contributed by atoms with Crippen LogP contribution in [0.15, 0.2) is 36.7 Å². The van der Waals surface area contributed by atoms with Crippen molar-refractivity contribution < 1.29 is 4.74 Å². The molecule has 0 spiro atoms. The number of nitrogens with one attached hydrogen (secondary N) is 1. The van der Waals surface area contributed by atoms with Crippen LogP contribution in [0.1, 0.15) is 36.8 Å². The Balaban J connectivity index is 1.67. The second-order valence-corrected chi connectivity index (χ2v) is 5.58. The first-order valence-corrected chi connectivity index (χ1v) is 7.80. The van der Waals surface area contributed by atoms with Gasteiger partial charge in [0.2, 0.25) is 0 Å². The minimum Gasteiger partial charge on any atom is -0.494 e. The van der Waals surface area contributed by atoms with Crippen molar-refractivity contribution in [2.45, 2.75) is 32.2 Å². The van der Waals surface area contributed by atoms with E-state index in [4.69, 9.17) is 4.74 Å². The van der Waals surface area contributed by atoms with Gasteiger partial charge < -0.3 is 10.1 Å². The van der Waals surface area contributed by atoms with Crippen molar-refractivity contribution in [3.05, 3.63) is 47.8 Å². The molecule has 2 aromatic rings. The highest BCUT2D eigenvalue weighted by Gasteiger charge is 2.16. The second kappa shape index (κ2) is 6.76. The van der Waals surface area contributed by atoms with Crippen molar-refractivity contribution in [1.29, 1.82) is 0 Å². The molecule has 1 saturated heterocycles. The summed E-state index contributed by atoms with van der Waals surface area (Å²) in [5.74, 6) is 1.59. The molecule has 4 nitrogen and oxygen atoms in total. The second-order valence-electron chi connectivity index (χ2n) is 5.58. The summed E-state index contributed by atoms with van der Waals surface area (Å²) in [5, 5.41) is 7.93. The van der Waals surface area contributed by atoms with Gasteiger partial charge in [-0.15, -0.1) is 0 Å². The first-order valence-electron chi connectivity index (χ1n) is 7.80. The van der Waals surface area contributed by atoms with E-state index in [0.717, 1.165) is 25.4 Å². The Morgan fingerprint density at radius 2 is 2.19 bits per heavy atom. The molecule has 1 aliphatic rings. The fourth-order valence-electron chi connectivity index (χ4n) is 2.92. The van der Waals surface area contributed by atoms with E-state index in [-0.39, 0.29) is 0 Å². The van der Waals surface area contributed by atoms with E-state index >= 15 is 0 Å². The first-order chi connectivity index (χ1) is 10.3. The largest absolute Gasteiger partial charge is 0.494 e. The number of rotatable bonds is 5. The van der Waals surface area contributed by atoms with E-state index in [0.29, 0.717) is 12.5 Å². The van der Waals surface area contributed by atoms with Crippen molar-refractivity contribution in [2.24, 2.45) is 0 Å². The van der Waals surface area contributed by atoms with Crippen molar-refractivity contribution in [3.8, 4) is 5.75 Å². The molecule has 0 atom stereocenters. The average molecular weight is 285 g/mol. The third-order valence-electron chi connectivity index (χ3n) is 4.02. The van der Waals surface area contributed by atoms with Gasteiger partial charge in [0.1, 0.15) is 5.75 Å². The molecule has 0 unspecified atom stereocenters. The zero-order chi connectivity index (χ0) is 14.5. The molecule has 0 amide bonds. The van der Waals surface area contributed by atoms with Gasteiger partial charge in [0.05, 0.1) is 19.3 Å². The molecule has 0 saturated carbocycles. The molecule has 2 heterocycles. The SMILES string of the molecule is CCOc1cccc(Cn2cc(C3CCNCC3)cn2)c1. The quantitative estimate of drug-likeness (QED) is 0.918. The lowest BCUT2D eigenvalue weighted by Crippen LogP contribution is -2.26. The van der Waals surface area contributed by atoms with Crippen LogP contribution in [-0.2, 0) is 6.54 Å². The summed E-state index contributed by atoms with van der Waals surface area (Å²) in [7, 11) is 0. The van der Waals surface area contributed by atoms with Crippen LogP contribution in [0, 0.1) is 0 Å². The summed E-state index contributed by atoms with van der Waals surface area (Å²) >= 11 is 0. The molecule has 1 aromatic carbocycles. The van der Waals surface area contributed by atoms with Gasteiger partial charge in [-0.3, -0.25) is 4.68 Å². The molecular formula is C17H23N3O. The highest BCUT2D eigenvalue weighted by atomic mass is 16.5. The number of hydrogen-bond acceptors (Lipinski definition) is 3. The molecule has 0 bridgehead atoms. The number of piperidine rings is 1. The predicted octanol–water partition coefficient (Wildman–Crippen LogP) is 2.80. The Morgan fingerprint density at radius 1 is 1.33 bits per heavy atom.